The van der Waals surface area contributed by atoms with Crippen molar-refractivity contribution in [3.8, 4) is 0 Å². The van der Waals surface area contributed by atoms with Gasteiger partial charge in [-0.25, -0.2) is 0 Å². The Morgan fingerprint density at radius 2 is 1.88 bits per heavy atom. The smallest absolute Gasteiger partial charge is 0.124 e. The molecule has 0 radical (unpaired) electrons. The topological polar surface area (TPSA) is 20.2 Å². The standard InChI is InChI=1S/C12H13ClOS2/c1-6-4-8(3)16-11(6)10(14)12-9(13)7(2)5-15-12/h4-5,10,14H,1-3H3. The molecule has 1 nitrogen and oxygen atoms in total. The van der Waals surface area contributed by atoms with Gasteiger partial charge in [0.15, 0.2) is 0 Å². The zero-order chi connectivity index (χ0) is 11.9. The summed E-state index contributed by atoms with van der Waals surface area (Å²) >= 11 is 9.32. The Bertz CT molecular complexity index is 511. The first-order valence-corrected chi connectivity index (χ1v) is 7.06. The van der Waals surface area contributed by atoms with Gasteiger partial charge in [0.25, 0.3) is 0 Å². The molecule has 2 aromatic rings. The third-order valence-electron chi connectivity index (χ3n) is 2.50. The molecule has 1 unspecified atom stereocenters. The van der Waals surface area contributed by atoms with Gasteiger partial charge >= 0.3 is 0 Å². The molecule has 2 aromatic heterocycles. The van der Waals surface area contributed by atoms with Gasteiger partial charge in [0.1, 0.15) is 6.10 Å². The minimum absolute atomic E-state index is 0.579. The van der Waals surface area contributed by atoms with Crippen molar-refractivity contribution in [1.29, 1.82) is 0 Å². The van der Waals surface area contributed by atoms with Crippen LogP contribution in [0.5, 0.6) is 0 Å². The Hall–Kier alpha value is -0.350. The molecule has 1 atom stereocenters. The third kappa shape index (κ3) is 2.05. The minimum Gasteiger partial charge on any atom is -0.382 e. The van der Waals surface area contributed by atoms with Gasteiger partial charge in [-0.1, -0.05) is 11.6 Å². The fourth-order valence-electron chi connectivity index (χ4n) is 1.68. The zero-order valence-corrected chi connectivity index (χ0v) is 11.8. The molecule has 0 amide bonds. The number of aliphatic hydroxyl groups excluding tert-OH is 1. The summed E-state index contributed by atoms with van der Waals surface area (Å²) in [4.78, 5) is 3.07. The molecule has 0 saturated heterocycles. The molecule has 0 fully saturated rings. The number of thiophene rings is 2. The Morgan fingerprint density at radius 3 is 2.31 bits per heavy atom. The van der Waals surface area contributed by atoms with Crippen molar-refractivity contribution >= 4 is 34.3 Å². The fraction of sp³-hybridized carbons (Fsp3) is 0.333. The predicted molar refractivity (Wildman–Crippen MR) is 71.9 cm³/mol. The van der Waals surface area contributed by atoms with Crippen LogP contribution >= 0.6 is 34.3 Å². The lowest BCUT2D eigenvalue weighted by atomic mass is 10.1. The van der Waals surface area contributed by atoms with E-state index in [0.29, 0.717) is 5.02 Å². The number of halogens is 1. The van der Waals surface area contributed by atoms with Gasteiger partial charge < -0.3 is 5.11 Å². The van der Waals surface area contributed by atoms with E-state index in [1.165, 1.54) is 16.2 Å². The number of aliphatic hydroxyl groups is 1. The van der Waals surface area contributed by atoms with E-state index >= 15 is 0 Å². The van der Waals surface area contributed by atoms with E-state index < -0.39 is 6.10 Å². The zero-order valence-electron chi connectivity index (χ0n) is 9.37. The summed E-state index contributed by atoms with van der Waals surface area (Å²) in [7, 11) is 0. The molecule has 0 spiro atoms. The van der Waals surface area contributed by atoms with Crippen LogP contribution in [0.3, 0.4) is 0 Å². The second kappa shape index (κ2) is 4.49. The molecule has 86 valence electrons. The molecule has 0 aromatic carbocycles. The number of hydrogen-bond acceptors (Lipinski definition) is 3. The van der Waals surface area contributed by atoms with Crippen molar-refractivity contribution in [1.82, 2.24) is 0 Å². The Kier molecular flexibility index (Phi) is 3.40. The highest BCUT2D eigenvalue weighted by Gasteiger charge is 2.20. The van der Waals surface area contributed by atoms with Crippen molar-refractivity contribution in [2.45, 2.75) is 26.9 Å². The summed E-state index contributed by atoms with van der Waals surface area (Å²) in [5, 5.41) is 13.0. The first-order chi connectivity index (χ1) is 7.50. The van der Waals surface area contributed by atoms with E-state index in [1.54, 1.807) is 11.3 Å². The lowest BCUT2D eigenvalue weighted by Crippen LogP contribution is -1.96. The van der Waals surface area contributed by atoms with Crippen LogP contribution in [0.25, 0.3) is 0 Å². The summed E-state index contributed by atoms with van der Waals surface area (Å²) in [6, 6.07) is 2.09. The number of hydrogen-bond donors (Lipinski definition) is 1. The Labute approximate surface area is 108 Å². The molecule has 0 aliphatic rings. The van der Waals surface area contributed by atoms with Crippen LogP contribution < -0.4 is 0 Å². The largest absolute Gasteiger partial charge is 0.382 e. The van der Waals surface area contributed by atoms with E-state index in [4.69, 9.17) is 11.6 Å². The highest BCUT2D eigenvalue weighted by atomic mass is 35.5. The van der Waals surface area contributed by atoms with Crippen molar-refractivity contribution in [2.24, 2.45) is 0 Å². The second-order valence-electron chi connectivity index (χ2n) is 3.90. The van der Waals surface area contributed by atoms with Gasteiger partial charge in [0.05, 0.1) is 9.90 Å². The minimum atomic E-state index is -0.579. The van der Waals surface area contributed by atoms with Gasteiger partial charge in [0.2, 0.25) is 0 Å². The highest BCUT2D eigenvalue weighted by molar-refractivity contribution is 7.13. The van der Waals surface area contributed by atoms with Crippen LogP contribution in [-0.2, 0) is 0 Å². The molecule has 0 saturated carbocycles. The van der Waals surface area contributed by atoms with E-state index in [0.717, 1.165) is 20.9 Å². The van der Waals surface area contributed by atoms with E-state index in [9.17, 15) is 5.11 Å². The second-order valence-corrected chi connectivity index (χ2v) is 6.48. The fourth-order valence-corrected chi connectivity index (χ4v) is 4.08. The number of aryl methyl sites for hydroxylation is 3. The van der Waals surface area contributed by atoms with Crippen LogP contribution in [0.15, 0.2) is 11.4 Å². The van der Waals surface area contributed by atoms with E-state index in [-0.39, 0.29) is 0 Å². The van der Waals surface area contributed by atoms with E-state index in [1.807, 2.05) is 19.2 Å². The average molecular weight is 273 g/mol. The molecule has 0 aliphatic heterocycles. The van der Waals surface area contributed by atoms with Crippen LogP contribution in [-0.4, -0.2) is 5.11 Å². The summed E-state index contributed by atoms with van der Waals surface area (Å²) in [5.74, 6) is 0. The first kappa shape index (κ1) is 12.1. The molecular weight excluding hydrogens is 260 g/mol. The predicted octanol–water partition coefficient (Wildman–Crippen LogP) is 4.47. The molecule has 1 N–H and O–H groups in total. The van der Waals surface area contributed by atoms with Crippen molar-refractivity contribution < 1.29 is 5.11 Å². The third-order valence-corrected chi connectivity index (χ3v) is 5.47. The van der Waals surface area contributed by atoms with Gasteiger partial charge in [-0.2, -0.15) is 0 Å². The van der Waals surface area contributed by atoms with Crippen molar-refractivity contribution in [3.05, 3.63) is 42.2 Å². The summed E-state index contributed by atoms with van der Waals surface area (Å²) in [6.07, 6.45) is -0.579. The summed E-state index contributed by atoms with van der Waals surface area (Å²) in [6.45, 7) is 6.03. The lowest BCUT2D eigenvalue weighted by Gasteiger charge is -2.08. The molecule has 2 rings (SSSR count). The average Bonchev–Trinajstić information content (AvgIpc) is 2.71. The van der Waals surface area contributed by atoms with Gasteiger partial charge in [-0.3, -0.25) is 0 Å². The monoisotopic (exact) mass is 272 g/mol. The maximum absolute atomic E-state index is 10.3. The van der Waals surface area contributed by atoms with Crippen LogP contribution in [0.1, 0.15) is 31.9 Å². The first-order valence-electron chi connectivity index (χ1n) is 4.99. The van der Waals surface area contributed by atoms with Crippen LogP contribution in [0.2, 0.25) is 5.02 Å². The Balaban J connectivity index is 2.42. The molecule has 2 heterocycles. The maximum Gasteiger partial charge on any atom is 0.124 e. The SMILES string of the molecule is Cc1cc(C)c(C(O)c2scc(C)c2Cl)s1. The van der Waals surface area contributed by atoms with Crippen LogP contribution in [0.4, 0.5) is 0 Å². The van der Waals surface area contributed by atoms with Gasteiger partial charge in [-0.15, -0.1) is 22.7 Å². The maximum atomic E-state index is 10.3. The van der Waals surface area contributed by atoms with E-state index in [2.05, 4.69) is 13.0 Å². The number of rotatable bonds is 2. The molecular formula is C12H13ClOS2. The van der Waals surface area contributed by atoms with Crippen molar-refractivity contribution in [2.75, 3.05) is 0 Å². The van der Waals surface area contributed by atoms with Gasteiger partial charge in [0, 0.05) is 9.75 Å². The quantitative estimate of drug-likeness (QED) is 0.855. The lowest BCUT2D eigenvalue weighted by molar-refractivity contribution is 0.227. The highest BCUT2D eigenvalue weighted by Crippen LogP contribution is 2.39. The summed E-state index contributed by atoms with van der Waals surface area (Å²) in [5.41, 5.74) is 2.17. The molecule has 0 aliphatic carbocycles. The Morgan fingerprint density at radius 1 is 1.19 bits per heavy atom. The van der Waals surface area contributed by atoms with Gasteiger partial charge in [-0.05, 0) is 43.3 Å². The molecule has 16 heavy (non-hydrogen) atoms. The normalized spacial score (nSPS) is 13.1. The molecule has 4 heteroatoms. The summed E-state index contributed by atoms with van der Waals surface area (Å²) < 4.78 is 0. The van der Waals surface area contributed by atoms with Crippen molar-refractivity contribution in [3.63, 3.8) is 0 Å². The molecule has 0 bridgehead atoms. The van der Waals surface area contributed by atoms with Crippen LogP contribution in [0, 0.1) is 20.8 Å².